The van der Waals surface area contributed by atoms with E-state index in [1.807, 2.05) is 6.20 Å². The molecule has 20 heavy (non-hydrogen) atoms. The van der Waals surface area contributed by atoms with E-state index in [0.717, 1.165) is 25.3 Å². The summed E-state index contributed by atoms with van der Waals surface area (Å²) in [5.41, 5.74) is 0.631. The molecule has 0 bridgehead atoms. The van der Waals surface area contributed by atoms with E-state index in [1.165, 1.54) is 12.8 Å². The molecule has 0 aromatic carbocycles. The number of carboxylic acids is 1. The van der Waals surface area contributed by atoms with Crippen LogP contribution in [0.15, 0.2) is 18.3 Å². The van der Waals surface area contributed by atoms with Crippen LogP contribution in [0.4, 0.5) is 0 Å². The predicted molar refractivity (Wildman–Crippen MR) is 73.9 cm³/mol. The van der Waals surface area contributed by atoms with Gasteiger partial charge < -0.3 is 10.0 Å². The number of carbonyl (C=O) groups is 1. The van der Waals surface area contributed by atoms with E-state index in [-0.39, 0.29) is 5.56 Å². The first kappa shape index (κ1) is 13.1. The Balaban J connectivity index is 1.89. The van der Waals surface area contributed by atoms with Gasteiger partial charge in [0.2, 0.25) is 0 Å². The van der Waals surface area contributed by atoms with Gasteiger partial charge in [-0.25, -0.2) is 4.79 Å². The fourth-order valence-electron chi connectivity index (χ4n) is 2.97. The number of rotatable bonds is 3. The highest BCUT2D eigenvalue weighted by atomic mass is 16.4. The summed E-state index contributed by atoms with van der Waals surface area (Å²) >= 11 is 0. The van der Waals surface area contributed by atoms with Crippen molar-refractivity contribution >= 4 is 11.6 Å². The van der Waals surface area contributed by atoms with Crippen molar-refractivity contribution in [2.24, 2.45) is 5.92 Å². The van der Waals surface area contributed by atoms with Crippen LogP contribution in [0.3, 0.4) is 0 Å². The van der Waals surface area contributed by atoms with Crippen LogP contribution >= 0.6 is 0 Å². The Kier molecular flexibility index (Phi) is 3.40. The van der Waals surface area contributed by atoms with Gasteiger partial charge in [0.05, 0.1) is 0 Å². The fraction of sp³-hybridized carbons (Fsp3) is 0.500. The minimum absolute atomic E-state index is 0.201. The fourth-order valence-corrected chi connectivity index (χ4v) is 2.97. The number of aromatic nitrogens is 3. The Morgan fingerprint density at radius 2 is 2.35 bits per heavy atom. The molecule has 0 saturated carbocycles. The zero-order valence-corrected chi connectivity index (χ0v) is 11.5. The number of pyridine rings is 1. The topological polar surface area (TPSA) is 70.7 Å². The summed E-state index contributed by atoms with van der Waals surface area (Å²) in [4.78, 5) is 13.5. The number of piperidine rings is 1. The van der Waals surface area contributed by atoms with Gasteiger partial charge in [0, 0.05) is 19.2 Å². The third kappa shape index (κ3) is 2.38. The van der Waals surface area contributed by atoms with Gasteiger partial charge in [-0.2, -0.15) is 0 Å². The summed E-state index contributed by atoms with van der Waals surface area (Å²) in [6.45, 7) is 2.22. The largest absolute Gasteiger partial charge is 0.478 e. The molecule has 1 aliphatic rings. The Bertz CT molecular complexity index is 637. The molecule has 1 atom stereocenters. The third-order valence-corrected chi connectivity index (χ3v) is 3.93. The van der Waals surface area contributed by atoms with Crippen LogP contribution in [0, 0.1) is 5.92 Å². The van der Waals surface area contributed by atoms with Gasteiger partial charge in [0.15, 0.2) is 5.65 Å². The van der Waals surface area contributed by atoms with E-state index >= 15 is 0 Å². The van der Waals surface area contributed by atoms with E-state index in [2.05, 4.69) is 22.1 Å². The number of carboxylic acid groups (broad SMARTS) is 1. The van der Waals surface area contributed by atoms with E-state index in [1.54, 1.807) is 16.5 Å². The van der Waals surface area contributed by atoms with Crippen molar-refractivity contribution in [3.05, 3.63) is 29.7 Å². The summed E-state index contributed by atoms with van der Waals surface area (Å²) in [5.74, 6) is 0.449. The summed E-state index contributed by atoms with van der Waals surface area (Å²) in [5, 5.41) is 17.4. The van der Waals surface area contributed by atoms with Crippen molar-refractivity contribution in [3.8, 4) is 0 Å². The Morgan fingerprint density at radius 3 is 3.10 bits per heavy atom. The second kappa shape index (κ2) is 5.20. The second-order valence-electron chi connectivity index (χ2n) is 5.51. The van der Waals surface area contributed by atoms with Crippen LogP contribution in [0.25, 0.3) is 5.65 Å². The maximum absolute atomic E-state index is 11.2. The smallest absolute Gasteiger partial charge is 0.339 e. The summed E-state index contributed by atoms with van der Waals surface area (Å²) < 4.78 is 1.80. The van der Waals surface area contributed by atoms with Crippen LogP contribution < -0.4 is 0 Å². The Labute approximate surface area is 117 Å². The zero-order valence-electron chi connectivity index (χ0n) is 11.5. The first-order valence-electron chi connectivity index (χ1n) is 6.89. The lowest BCUT2D eigenvalue weighted by atomic mass is 9.95. The van der Waals surface area contributed by atoms with Crippen molar-refractivity contribution in [1.82, 2.24) is 19.5 Å². The van der Waals surface area contributed by atoms with Crippen molar-refractivity contribution in [2.45, 2.75) is 19.3 Å². The summed E-state index contributed by atoms with van der Waals surface area (Å²) in [6, 6.07) is 3.29. The number of fused-ring (bicyclic) bond motifs is 1. The summed E-state index contributed by atoms with van der Waals surface area (Å²) in [6.07, 6.45) is 5.08. The molecular formula is C14H18N4O2. The van der Waals surface area contributed by atoms with Crippen molar-refractivity contribution < 1.29 is 9.90 Å². The molecule has 1 aliphatic heterocycles. The van der Waals surface area contributed by atoms with Gasteiger partial charge in [-0.3, -0.25) is 4.40 Å². The third-order valence-electron chi connectivity index (χ3n) is 3.93. The first-order chi connectivity index (χ1) is 9.65. The highest BCUT2D eigenvalue weighted by Gasteiger charge is 2.21. The standard InChI is InChI=1S/C14H18N4O2/c1-17-6-2-4-10(9-17)8-12-15-16-13-11(14(19)20)5-3-7-18(12)13/h3,5,7,10H,2,4,6,8-9H2,1H3,(H,19,20). The molecule has 0 radical (unpaired) electrons. The molecule has 6 heteroatoms. The van der Waals surface area contributed by atoms with Crippen molar-refractivity contribution in [2.75, 3.05) is 20.1 Å². The molecule has 0 aliphatic carbocycles. The second-order valence-corrected chi connectivity index (χ2v) is 5.51. The van der Waals surface area contributed by atoms with Gasteiger partial charge in [0.25, 0.3) is 0 Å². The van der Waals surface area contributed by atoms with Crippen LogP contribution in [-0.4, -0.2) is 50.7 Å². The molecular weight excluding hydrogens is 256 g/mol. The maximum Gasteiger partial charge on any atom is 0.339 e. The van der Waals surface area contributed by atoms with Crippen molar-refractivity contribution in [1.29, 1.82) is 0 Å². The normalized spacial score (nSPS) is 20.4. The molecule has 1 fully saturated rings. The molecule has 3 heterocycles. The highest BCUT2D eigenvalue weighted by Crippen LogP contribution is 2.20. The molecule has 6 nitrogen and oxygen atoms in total. The molecule has 1 saturated heterocycles. The molecule has 0 spiro atoms. The average molecular weight is 274 g/mol. The lowest BCUT2D eigenvalue weighted by Gasteiger charge is -2.29. The lowest BCUT2D eigenvalue weighted by Crippen LogP contribution is -2.33. The number of hydrogen-bond acceptors (Lipinski definition) is 4. The van der Waals surface area contributed by atoms with E-state index in [4.69, 9.17) is 5.11 Å². The average Bonchev–Trinajstić information content (AvgIpc) is 2.82. The molecule has 0 amide bonds. The molecule has 2 aromatic heterocycles. The minimum Gasteiger partial charge on any atom is -0.478 e. The first-order valence-corrected chi connectivity index (χ1v) is 6.89. The molecule has 3 rings (SSSR count). The lowest BCUT2D eigenvalue weighted by molar-refractivity contribution is 0.0698. The van der Waals surface area contributed by atoms with Crippen LogP contribution in [0.5, 0.6) is 0 Å². The van der Waals surface area contributed by atoms with E-state index < -0.39 is 5.97 Å². The zero-order chi connectivity index (χ0) is 14.1. The Hall–Kier alpha value is -1.95. The van der Waals surface area contributed by atoms with Crippen LogP contribution in [-0.2, 0) is 6.42 Å². The number of nitrogens with zero attached hydrogens (tertiary/aromatic N) is 4. The van der Waals surface area contributed by atoms with E-state index in [9.17, 15) is 4.79 Å². The summed E-state index contributed by atoms with van der Waals surface area (Å²) in [7, 11) is 2.14. The molecule has 106 valence electrons. The van der Waals surface area contributed by atoms with E-state index in [0.29, 0.717) is 11.6 Å². The Morgan fingerprint density at radius 1 is 1.50 bits per heavy atom. The van der Waals surface area contributed by atoms with Gasteiger partial charge in [-0.15, -0.1) is 10.2 Å². The van der Waals surface area contributed by atoms with Gasteiger partial charge in [-0.1, -0.05) is 0 Å². The molecule has 2 aromatic rings. The number of aromatic carboxylic acids is 1. The number of hydrogen-bond donors (Lipinski definition) is 1. The van der Waals surface area contributed by atoms with Gasteiger partial charge in [0.1, 0.15) is 11.4 Å². The van der Waals surface area contributed by atoms with Crippen molar-refractivity contribution in [3.63, 3.8) is 0 Å². The monoisotopic (exact) mass is 274 g/mol. The minimum atomic E-state index is -0.966. The molecule has 1 unspecified atom stereocenters. The predicted octanol–water partition coefficient (Wildman–Crippen LogP) is 1.31. The van der Waals surface area contributed by atoms with Crippen LogP contribution in [0.2, 0.25) is 0 Å². The highest BCUT2D eigenvalue weighted by molar-refractivity contribution is 5.94. The number of likely N-dealkylation sites (tertiary alicyclic amines) is 1. The quantitative estimate of drug-likeness (QED) is 0.913. The molecule has 1 N–H and O–H groups in total. The van der Waals surface area contributed by atoms with Crippen LogP contribution in [0.1, 0.15) is 29.0 Å². The SMILES string of the molecule is CN1CCCC(Cc2nnc3c(C(=O)O)cccn23)C1. The van der Waals surface area contributed by atoms with Gasteiger partial charge >= 0.3 is 5.97 Å². The van der Waals surface area contributed by atoms with Gasteiger partial charge in [-0.05, 0) is 44.5 Å². The maximum atomic E-state index is 11.2.